The molecule has 0 fully saturated rings. The van der Waals surface area contributed by atoms with Crippen LogP contribution in [0.2, 0.25) is 0 Å². The van der Waals surface area contributed by atoms with Crippen LogP contribution in [0, 0.1) is 0 Å². The van der Waals surface area contributed by atoms with E-state index in [1.165, 1.54) is 6.33 Å². The Bertz CT molecular complexity index is 880. The quantitative estimate of drug-likeness (QED) is 0.666. The smallest absolute Gasteiger partial charge is 0.270 e. The Labute approximate surface area is 158 Å². The number of ether oxygens (including phenoxy) is 1. The van der Waals surface area contributed by atoms with Crippen molar-refractivity contribution in [2.75, 3.05) is 5.32 Å². The molecule has 0 bridgehead atoms. The van der Waals surface area contributed by atoms with E-state index in [0.717, 1.165) is 17.0 Å². The third-order valence-electron chi connectivity index (χ3n) is 3.69. The van der Waals surface area contributed by atoms with Gasteiger partial charge in [-0.25, -0.2) is 9.97 Å². The van der Waals surface area contributed by atoms with E-state index in [9.17, 15) is 4.79 Å². The Balaban J connectivity index is 1.62. The molecule has 0 saturated heterocycles. The second-order valence-electron chi connectivity index (χ2n) is 6.27. The van der Waals surface area contributed by atoms with E-state index in [-0.39, 0.29) is 12.0 Å². The van der Waals surface area contributed by atoms with Crippen LogP contribution in [0.4, 0.5) is 11.5 Å². The van der Waals surface area contributed by atoms with Gasteiger partial charge in [0.15, 0.2) is 0 Å². The number of nitrogens with one attached hydrogen (secondary N) is 2. The topological polar surface area (TPSA) is 76.1 Å². The van der Waals surface area contributed by atoms with Crippen molar-refractivity contribution >= 4 is 17.4 Å². The maximum absolute atomic E-state index is 12.3. The fourth-order valence-corrected chi connectivity index (χ4v) is 2.46. The molecule has 0 spiro atoms. The molecule has 27 heavy (non-hydrogen) atoms. The van der Waals surface area contributed by atoms with E-state index in [2.05, 4.69) is 20.6 Å². The molecule has 0 aliphatic carbocycles. The zero-order chi connectivity index (χ0) is 19.1. The summed E-state index contributed by atoms with van der Waals surface area (Å²) in [4.78, 5) is 20.6. The molecule has 2 N–H and O–H groups in total. The van der Waals surface area contributed by atoms with Crippen LogP contribution in [0.25, 0.3) is 0 Å². The number of rotatable bonds is 7. The van der Waals surface area contributed by atoms with Gasteiger partial charge in [-0.05, 0) is 43.7 Å². The van der Waals surface area contributed by atoms with Crippen LogP contribution >= 0.6 is 0 Å². The minimum atomic E-state index is -0.245. The monoisotopic (exact) mass is 362 g/mol. The predicted octanol–water partition coefficient (Wildman–Crippen LogP) is 3.94. The van der Waals surface area contributed by atoms with Crippen molar-refractivity contribution in [2.45, 2.75) is 26.5 Å². The van der Waals surface area contributed by atoms with Gasteiger partial charge in [-0.3, -0.25) is 4.79 Å². The van der Waals surface area contributed by atoms with Crippen molar-refractivity contribution in [1.82, 2.24) is 15.3 Å². The molecule has 0 radical (unpaired) electrons. The number of nitrogens with zero attached hydrogens (tertiary/aromatic N) is 2. The van der Waals surface area contributed by atoms with Gasteiger partial charge in [-0.1, -0.05) is 30.3 Å². The number of hydrogen-bond donors (Lipinski definition) is 2. The molecule has 6 nitrogen and oxygen atoms in total. The Morgan fingerprint density at radius 1 is 1.04 bits per heavy atom. The second-order valence-corrected chi connectivity index (χ2v) is 6.27. The first-order chi connectivity index (χ1) is 13.1. The van der Waals surface area contributed by atoms with Crippen molar-refractivity contribution < 1.29 is 9.53 Å². The molecule has 1 heterocycles. The van der Waals surface area contributed by atoms with Gasteiger partial charge in [0.05, 0.1) is 6.10 Å². The Morgan fingerprint density at radius 3 is 2.48 bits per heavy atom. The minimum absolute atomic E-state index is 0.127. The molecule has 0 aliphatic rings. The van der Waals surface area contributed by atoms with Crippen molar-refractivity contribution in [3.05, 3.63) is 78.2 Å². The van der Waals surface area contributed by atoms with E-state index in [1.54, 1.807) is 6.07 Å². The van der Waals surface area contributed by atoms with Gasteiger partial charge in [0.2, 0.25) is 0 Å². The van der Waals surface area contributed by atoms with Gasteiger partial charge >= 0.3 is 0 Å². The van der Waals surface area contributed by atoms with Gasteiger partial charge in [-0.2, -0.15) is 0 Å². The van der Waals surface area contributed by atoms with Gasteiger partial charge in [-0.15, -0.1) is 0 Å². The normalized spacial score (nSPS) is 10.5. The van der Waals surface area contributed by atoms with E-state index < -0.39 is 0 Å². The highest BCUT2D eigenvalue weighted by Crippen LogP contribution is 2.20. The first-order valence-corrected chi connectivity index (χ1v) is 8.78. The van der Waals surface area contributed by atoms with Gasteiger partial charge < -0.3 is 15.4 Å². The van der Waals surface area contributed by atoms with Gasteiger partial charge in [0, 0.05) is 18.3 Å². The largest absolute Gasteiger partial charge is 0.491 e. The van der Waals surface area contributed by atoms with E-state index in [0.29, 0.717) is 18.1 Å². The predicted molar refractivity (Wildman–Crippen MR) is 105 cm³/mol. The first-order valence-electron chi connectivity index (χ1n) is 8.78. The summed E-state index contributed by atoms with van der Waals surface area (Å²) in [5.41, 5.74) is 2.19. The van der Waals surface area contributed by atoms with E-state index >= 15 is 0 Å². The fraction of sp³-hybridized carbons (Fsp3) is 0.190. The van der Waals surface area contributed by atoms with E-state index in [1.807, 2.05) is 68.4 Å². The molecule has 0 saturated carbocycles. The lowest BCUT2D eigenvalue weighted by atomic mass is 10.2. The highest BCUT2D eigenvalue weighted by atomic mass is 16.5. The van der Waals surface area contributed by atoms with Crippen molar-refractivity contribution in [3.63, 3.8) is 0 Å². The number of hydrogen-bond acceptors (Lipinski definition) is 5. The van der Waals surface area contributed by atoms with Gasteiger partial charge in [0.25, 0.3) is 5.91 Å². The van der Waals surface area contributed by atoms with Crippen LogP contribution in [-0.2, 0) is 6.54 Å². The van der Waals surface area contributed by atoms with Crippen LogP contribution in [-0.4, -0.2) is 22.0 Å². The lowest BCUT2D eigenvalue weighted by Gasteiger charge is -2.11. The summed E-state index contributed by atoms with van der Waals surface area (Å²) in [6.45, 7) is 4.42. The molecule has 1 amide bonds. The summed E-state index contributed by atoms with van der Waals surface area (Å²) >= 11 is 0. The third kappa shape index (κ3) is 5.54. The number of anilines is 2. The molecule has 0 unspecified atom stereocenters. The summed E-state index contributed by atoms with van der Waals surface area (Å²) in [6.07, 6.45) is 1.50. The summed E-state index contributed by atoms with van der Waals surface area (Å²) < 4.78 is 5.63. The van der Waals surface area contributed by atoms with Crippen LogP contribution < -0.4 is 15.4 Å². The molecule has 138 valence electrons. The molecule has 3 aromatic rings. The average Bonchev–Trinajstić information content (AvgIpc) is 2.68. The highest BCUT2D eigenvalue weighted by molar-refractivity contribution is 5.92. The average molecular weight is 362 g/mol. The maximum Gasteiger partial charge on any atom is 0.270 e. The summed E-state index contributed by atoms with van der Waals surface area (Å²) in [6, 6.07) is 18.9. The minimum Gasteiger partial charge on any atom is -0.491 e. The molecular weight excluding hydrogens is 340 g/mol. The molecular formula is C21H22N4O2. The second kappa shape index (κ2) is 8.80. The summed E-state index contributed by atoms with van der Waals surface area (Å²) in [7, 11) is 0. The number of carbonyl (C=O) groups excluding carboxylic acids is 1. The third-order valence-corrected chi connectivity index (χ3v) is 3.69. The van der Waals surface area contributed by atoms with Crippen molar-refractivity contribution in [2.24, 2.45) is 0 Å². The first kappa shape index (κ1) is 18.4. The Morgan fingerprint density at radius 2 is 1.78 bits per heavy atom. The van der Waals surface area contributed by atoms with Crippen molar-refractivity contribution in [3.8, 4) is 5.75 Å². The maximum atomic E-state index is 12.3. The number of carbonyl (C=O) groups is 1. The number of benzene rings is 2. The molecule has 3 rings (SSSR count). The van der Waals surface area contributed by atoms with Crippen LogP contribution in [0.15, 0.2) is 67.0 Å². The van der Waals surface area contributed by atoms with Gasteiger partial charge in [0.1, 0.15) is 23.6 Å². The standard InChI is InChI=1S/C21H22N4O2/c1-15(2)27-18-10-8-17(9-11-18)25-20-12-19(23-14-24-20)21(26)22-13-16-6-4-3-5-7-16/h3-12,14-15H,13H2,1-2H3,(H,22,26)(H,23,24,25). The highest BCUT2D eigenvalue weighted by Gasteiger charge is 2.09. The van der Waals surface area contributed by atoms with Crippen molar-refractivity contribution in [1.29, 1.82) is 0 Å². The molecule has 0 atom stereocenters. The number of amides is 1. The summed E-state index contributed by atoms with van der Waals surface area (Å²) in [5, 5.41) is 6.03. The van der Waals surface area contributed by atoms with Crippen LogP contribution in [0.1, 0.15) is 29.9 Å². The molecule has 2 aromatic carbocycles. The Hall–Kier alpha value is -3.41. The zero-order valence-electron chi connectivity index (χ0n) is 15.3. The molecule has 6 heteroatoms. The van der Waals surface area contributed by atoms with Crippen LogP contribution in [0.5, 0.6) is 5.75 Å². The Kier molecular flexibility index (Phi) is 5.99. The summed E-state index contributed by atoms with van der Waals surface area (Å²) in [5.74, 6) is 1.11. The molecule has 1 aromatic heterocycles. The SMILES string of the molecule is CC(C)Oc1ccc(Nc2cc(C(=O)NCc3ccccc3)ncn2)cc1. The van der Waals surface area contributed by atoms with E-state index in [4.69, 9.17) is 4.74 Å². The lowest BCUT2D eigenvalue weighted by molar-refractivity contribution is 0.0946. The lowest BCUT2D eigenvalue weighted by Crippen LogP contribution is -2.24. The number of aromatic nitrogens is 2. The fourth-order valence-electron chi connectivity index (χ4n) is 2.46. The van der Waals surface area contributed by atoms with Crippen LogP contribution in [0.3, 0.4) is 0 Å². The molecule has 0 aliphatic heterocycles. The zero-order valence-corrected chi connectivity index (χ0v) is 15.3.